The van der Waals surface area contributed by atoms with Gasteiger partial charge in [-0.1, -0.05) is 48.5 Å². The van der Waals surface area contributed by atoms with Crippen LogP contribution in [0.15, 0.2) is 60.7 Å². The highest BCUT2D eigenvalue weighted by molar-refractivity contribution is 6.06. The molecule has 0 atom stereocenters. The number of hydrogen-bond acceptors (Lipinski definition) is 3. The van der Waals surface area contributed by atoms with Crippen molar-refractivity contribution in [3.05, 3.63) is 71.8 Å². The average Bonchev–Trinajstić information content (AvgIpc) is 2.55. The van der Waals surface area contributed by atoms with E-state index in [-0.39, 0.29) is 12.4 Å². The molecule has 0 aliphatic carbocycles. The Labute approximate surface area is 124 Å². The largest absolute Gasteiger partial charge is 0.494 e. The summed E-state index contributed by atoms with van der Waals surface area (Å²) in [5.74, 6) is 0.744. The number of carbonyl (C=O) groups is 1. The highest BCUT2D eigenvalue weighted by Gasteiger charge is 1.99. The van der Waals surface area contributed by atoms with Crippen molar-refractivity contribution in [1.29, 1.82) is 0 Å². The molecule has 0 heterocycles. The second kappa shape index (κ2) is 8.02. The second-order valence-corrected chi connectivity index (χ2v) is 4.56. The van der Waals surface area contributed by atoms with E-state index in [2.05, 4.69) is 0 Å². The minimum atomic E-state index is -0.0149. The molecule has 0 radical (unpaired) electrons. The van der Waals surface area contributed by atoms with Crippen LogP contribution in [0.4, 0.5) is 0 Å². The van der Waals surface area contributed by atoms with Gasteiger partial charge in [0.25, 0.3) is 0 Å². The molecule has 21 heavy (non-hydrogen) atoms. The summed E-state index contributed by atoms with van der Waals surface area (Å²) >= 11 is 0. The molecule has 0 aliphatic heterocycles. The lowest BCUT2D eigenvalue weighted by Crippen LogP contribution is -1.99. The number of hydrogen-bond donors (Lipinski definition) is 1. The number of ether oxygens (including phenoxy) is 1. The number of carbonyl (C=O) groups excluding carboxylic acids is 1. The van der Waals surface area contributed by atoms with Gasteiger partial charge in [0.2, 0.25) is 0 Å². The van der Waals surface area contributed by atoms with Crippen LogP contribution in [0.2, 0.25) is 0 Å². The Kier molecular flexibility index (Phi) is 5.73. The van der Waals surface area contributed by atoms with Gasteiger partial charge in [-0.2, -0.15) is 0 Å². The van der Waals surface area contributed by atoms with E-state index in [1.54, 1.807) is 24.3 Å². The lowest BCUT2D eigenvalue weighted by molar-refractivity contribution is 0.104. The molecule has 0 saturated heterocycles. The van der Waals surface area contributed by atoms with Gasteiger partial charge >= 0.3 is 0 Å². The Morgan fingerprint density at radius 2 is 1.76 bits per heavy atom. The van der Waals surface area contributed by atoms with Gasteiger partial charge in [-0.25, -0.2) is 0 Å². The van der Waals surface area contributed by atoms with Crippen molar-refractivity contribution in [1.82, 2.24) is 0 Å². The Morgan fingerprint density at radius 1 is 1.05 bits per heavy atom. The van der Waals surface area contributed by atoms with Crippen LogP contribution >= 0.6 is 0 Å². The minimum Gasteiger partial charge on any atom is -0.494 e. The van der Waals surface area contributed by atoms with Crippen LogP contribution in [-0.2, 0) is 0 Å². The van der Waals surface area contributed by atoms with Crippen molar-refractivity contribution in [2.24, 2.45) is 0 Å². The molecule has 0 bridgehead atoms. The summed E-state index contributed by atoms with van der Waals surface area (Å²) in [6.45, 7) is 0.626. The van der Waals surface area contributed by atoms with E-state index in [9.17, 15) is 4.79 Å². The molecule has 2 aromatic rings. The third-order valence-electron chi connectivity index (χ3n) is 2.94. The molecular weight excluding hydrogens is 264 g/mol. The predicted octanol–water partition coefficient (Wildman–Crippen LogP) is 3.34. The number of rotatable bonds is 7. The van der Waals surface area contributed by atoms with Crippen molar-refractivity contribution < 1.29 is 14.6 Å². The van der Waals surface area contributed by atoms with Gasteiger partial charge in [-0.3, -0.25) is 4.79 Å². The summed E-state index contributed by atoms with van der Waals surface area (Å²) in [4.78, 5) is 11.9. The number of benzene rings is 2. The lowest BCUT2D eigenvalue weighted by Gasteiger charge is -2.04. The second-order valence-electron chi connectivity index (χ2n) is 4.56. The van der Waals surface area contributed by atoms with Crippen LogP contribution in [-0.4, -0.2) is 24.1 Å². The summed E-state index contributed by atoms with van der Waals surface area (Å²) in [7, 11) is 0. The average molecular weight is 282 g/mol. The van der Waals surface area contributed by atoms with E-state index < -0.39 is 0 Å². The standard InChI is InChI=1S/C18H18O3/c19-13-4-14-21-17-10-7-15(8-11-17)9-12-18(20)16-5-2-1-3-6-16/h1-3,5-12,19H,4,13-14H2. The Hall–Kier alpha value is -2.39. The van der Waals surface area contributed by atoms with Crippen LogP contribution in [0.5, 0.6) is 5.75 Å². The monoisotopic (exact) mass is 282 g/mol. The zero-order valence-corrected chi connectivity index (χ0v) is 11.7. The molecule has 3 heteroatoms. The van der Waals surface area contributed by atoms with E-state index in [1.165, 1.54) is 0 Å². The van der Waals surface area contributed by atoms with E-state index >= 15 is 0 Å². The van der Waals surface area contributed by atoms with Gasteiger partial charge in [-0.15, -0.1) is 0 Å². The van der Waals surface area contributed by atoms with Crippen molar-refractivity contribution in [3.63, 3.8) is 0 Å². The van der Waals surface area contributed by atoms with Gasteiger partial charge in [0, 0.05) is 18.6 Å². The normalized spacial score (nSPS) is 10.7. The molecule has 0 aliphatic rings. The SMILES string of the molecule is O=C(C=Cc1ccc(OCCCO)cc1)c1ccccc1. The highest BCUT2D eigenvalue weighted by Crippen LogP contribution is 2.14. The summed E-state index contributed by atoms with van der Waals surface area (Å²) in [5, 5.41) is 8.68. The zero-order chi connectivity index (χ0) is 14.9. The molecule has 3 nitrogen and oxygen atoms in total. The zero-order valence-electron chi connectivity index (χ0n) is 11.7. The first kappa shape index (κ1) is 15.0. The molecule has 0 saturated carbocycles. The molecule has 0 spiro atoms. The number of aliphatic hydroxyl groups is 1. The summed E-state index contributed by atoms with van der Waals surface area (Å²) in [6.07, 6.45) is 3.97. The van der Waals surface area contributed by atoms with Crippen LogP contribution in [0, 0.1) is 0 Å². The fourth-order valence-electron chi connectivity index (χ4n) is 1.80. The van der Waals surface area contributed by atoms with Gasteiger partial charge in [0.1, 0.15) is 5.75 Å². The van der Waals surface area contributed by atoms with Crippen molar-refractivity contribution in [3.8, 4) is 5.75 Å². The Morgan fingerprint density at radius 3 is 2.43 bits per heavy atom. The number of aliphatic hydroxyl groups excluding tert-OH is 1. The summed E-state index contributed by atoms with van der Waals surface area (Å²) in [5.41, 5.74) is 1.62. The molecule has 108 valence electrons. The van der Waals surface area contributed by atoms with E-state index in [0.29, 0.717) is 18.6 Å². The Bertz CT molecular complexity index is 586. The maximum absolute atomic E-state index is 11.9. The van der Waals surface area contributed by atoms with E-state index in [1.807, 2.05) is 42.5 Å². The minimum absolute atomic E-state index is 0.0149. The van der Waals surface area contributed by atoms with E-state index in [0.717, 1.165) is 11.3 Å². The smallest absolute Gasteiger partial charge is 0.185 e. The summed E-state index contributed by atoms with van der Waals surface area (Å²) in [6, 6.07) is 16.7. The summed E-state index contributed by atoms with van der Waals surface area (Å²) < 4.78 is 5.45. The van der Waals surface area contributed by atoms with Crippen molar-refractivity contribution in [2.75, 3.05) is 13.2 Å². The predicted molar refractivity (Wildman–Crippen MR) is 83.4 cm³/mol. The van der Waals surface area contributed by atoms with Crippen LogP contribution in [0.1, 0.15) is 22.3 Å². The number of ketones is 1. The first-order valence-corrected chi connectivity index (χ1v) is 6.91. The first-order chi connectivity index (χ1) is 10.3. The molecule has 2 aromatic carbocycles. The van der Waals surface area contributed by atoms with Crippen LogP contribution in [0.3, 0.4) is 0 Å². The fraction of sp³-hybridized carbons (Fsp3) is 0.167. The molecule has 0 unspecified atom stereocenters. The third-order valence-corrected chi connectivity index (χ3v) is 2.94. The van der Waals surface area contributed by atoms with Crippen molar-refractivity contribution >= 4 is 11.9 Å². The molecule has 2 rings (SSSR count). The lowest BCUT2D eigenvalue weighted by atomic mass is 10.1. The maximum atomic E-state index is 11.9. The van der Waals surface area contributed by atoms with Gasteiger partial charge in [0.05, 0.1) is 6.61 Å². The molecular formula is C18H18O3. The van der Waals surface area contributed by atoms with Crippen molar-refractivity contribution in [2.45, 2.75) is 6.42 Å². The topological polar surface area (TPSA) is 46.5 Å². The molecule has 0 amide bonds. The fourth-order valence-corrected chi connectivity index (χ4v) is 1.80. The maximum Gasteiger partial charge on any atom is 0.185 e. The van der Waals surface area contributed by atoms with Gasteiger partial charge < -0.3 is 9.84 Å². The van der Waals surface area contributed by atoms with Gasteiger partial charge in [-0.05, 0) is 23.8 Å². The number of allylic oxidation sites excluding steroid dienone is 1. The van der Waals surface area contributed by atoms with E-state index in [4.69, 9.17) is 9.84 Å². The molecule has 1 N–H and O–H groups in total. The molecule has 0 aromatic heterocycles. The Balaban J connectivity index is 1.93. The first-order valence-electron chi connectivity index (χ1n) is 6.91. The van der Waals surface area contributed by atoms with Gasteiger partial charge in [0.15, 0.2) is 5.78 Å². The van der Waals surface area contributed by atoms with Crippen LogP contribution in [0.25, 0.3) is 6.08 Å². The molecule has 0 fully saturated rings. The third kappa shape index (κ3) is 4.89. The quantitative estimate of drug-likeness (QED) is 0.481. The highest BCUT2D eigenvalue weighted by atomic mass is 16.5. The van der Waals surface area contributed by atoms with Crippen LogP contribution < -0.4 is 4.74 Å².